The van der Waals surface area contributed by atoms with Crippen molar-refractivity contribution in [2.45, 2.75) is 52.5 Å². The number of hydrogen-bond donors (Lipinski definition) is 0. The van der Waals surface area contributed by atoms with E-state index in [-0.39, 0.29) is 5.41 Å². The maximum absolute atomic E-state index is 4.00. The number of para-hydroxylation sites is 3. The predicted octanol–water partition coefficient (Wildman–Crippen LogP) is 19.2. The second-order valence-corrected chi connectivity index (χ2v) is 19.8. The van der Waals surface area contributed by atoms with E-state index in [1.807, 2.05) is 0 Å². The van der Waals surface area contributed by atoms with Crippen LogP contribution in [-0.4, -0.2) is 9.13 Å². The second kappa shape index (κ2) is 20.3. The molecule has 0 atom stereocenters. The molecule has 2 heterocycles. The Kier molecular flexibility index (Phi) is 13.0. The minimum Gasteiger partial charge on any atom is -0.336 e. The molecule has 0 aliphatic heterocycles. The van der Waals surface area contributed by atoms with Crippen LogP contribution >= 0.6 is 0 Å². The number of fused-ring (bicyclic) bond motifs is 7. The van der Waals surface area contributed by atoms with E-state index < -0.39 is 0 Å². The lowest BCUT2D eigenvalue weighted by Gasteiger charge is -2.22. The molecular formula is C72H60N2. The maximum atomic E-state index is 4.00. The van der Waals surface area contributed by atoms with Gasteiger partial charge in [-0.15, -0.1) is 12.8 Å². The number of benzene rings is 9. The van der Waals surface area contributed by atoms with Gasteiger partial charge in [0.25, 0.3) is 0 Å². The summed E-state index contributed by atoms with van der Waals surface area (Å²) in [5.74, 6) is 0. The molecule has 0 fully saturated rings. The summed E-state index contributed by atoms with van der Waals surface area (Å²) in [6, 6.07) is 76.9. The molecule has 358 valence electrons. The SMILES string of the molecule is C#C.C/C=C1\C(=C/Cn2c3c(C)cccc3c3cc(C4=CCCC=C4)cc(-c4ccccc4)c32)C(C)(C)c2ccccc21.c1ccc(-c2cc(-c3ccccc3)c3c(c2)c2ccccc2n3-c2ccccc2)cc1. The van der Waals surface area contributed by atoms with Crippen LogP contribution in [0.1, 0.15) is 55.9 Å². The summed E-state index contributed by atoms with van der Waals surface area (Å²) in [5.41, 5.74) is 23.3. The predicted molar refractivity (Wildman–Crippen MR) is 319 cm³/mol. The van der Waals surface area contributed by atoms with E-state index in [2.05, 4.69) is 292 Å². The van der Waals surface area contributed by atoms with Crippen LogP contribution in [0.3, 0.4) is 0 Å². The molecule has 0 unspecified atom stereocenters. The van der Waals surface area contributed by atoms with Crippen LogP contribution in [0.15, 0.2) is 248 Å². The Labute approximate surface area is 436 Å². The molecule has 0 radical (unpaired) electrons. The molecular weight excluding hydrogens is 893 g/mol. The van der Waals surface area contributed by atoms with Crippen molar-refractivity contribution in [3.63, 3.8) is 0 Å². The van der Waals surface area contributed by atoms with Gasteiger partial charge in [0.05, 0.1) is 22.1 Å². The highest BCUT2D eigenvalue weighted by Gasteiger charge is 2.37. The Morgan fingerprint density at radius 1 is 0.500 bits per heavy atom. The van der Waals surface area contributed by atoms with Crippen LogP contribution in [0.25, 0.3) is 93.8 Å². The molecule has 0 bridgehead atoms. The molecule has 0 saturated heterocycles. The molecule has 2 heteroatoms. The van der Waals surface area contributed by atoms with Crippen molar-refractivity contribution in [1.29, 1.82) is 0 Å². The number of allylic oxidation sites excluding steroid dienone is 8. The summed E-state index contributed by atoms with van der Waals surface area (Å²) in [5, 5.41) is 5.22. The van der Waals surface area contributed by atoms with E-state index >= 15 is 0 Å². The molecule has 2 aliphatic rings. The van der Waals surface area contributed by atoms with Gasteiger partial charge in [0.2, 0.25) is 0 Å². The van der Waals surface area contributed by atoms with E-state index in [1.165, 1.54) is 122 Å². The van der Waals surface area contributed by atoms with Gasteiger partial charge in [-0.1, -0.05) is 214 Å². The van der Waals surface area contributed by atoms with E-state index in [4.69, 9.17) is 0 Å². The summed E-state index contributed by atoms with van der Waals surface area (Å²) in [6.45, 7) is 10.00. The normalized spacial score (nSPS) is 14.7. The van der Waals surface area contributed by atoms with Gasteiger partial charge >= 0.3 is 0 Å². The first-order valence-electron chi connectivity index (χ1n) is 25.9. The molecule has 0 spiro atoms. The summed E-state index contributed by atoms with van der Waals surface area (Å²) >= 11 is 0. The van der Waals surface area contributed by atoms with Crippen LogP contribution in [0, 0.1) is 19.8 Å². The van der Waals surface area contributed by atoms with Crippen molar-refractivity contribution in [3.8, 4) is 51.9 Å². The van der Waals surface area contributed by atoms with Crippen molar-refractivity contribution >= 4 is 54.8 Å². The smallest absolute Gasteiger partial charge is 0.0619 e. The molecule has 0 saturated carbocycles. The fourth-order valence-corrected chi connectivity index (χ4v) is 11.8. The van der Waals surface area contributed by atoms with Gasteiger partial charge in [0.15, 0.2) is 0 Å². The number of nitrogens with zero attached hydrogens (tertiary/aromatic N) is 2. The van der Waals surface area contributed by atoms with Crippen LogP contribution < -0.4 is 0 Å². The van der Waals surface area contributed by atoms with E-state index in [0.717, 1.165) is 19.4 Å². The van der Waals surface area contributed by atoms with Crippen molar-refractivity contribution in [3.05, 3.63) is 271 Å². The Hall–Kier alpha value is -8.90. The molecule has 74 heavy (non-hydrogen) atoms. The Morgan fingerprint density at radius 3 is 1.74 bits per heavy atom. The molecule has 2 aromatic heterocycles. The molecule has 11 aromatic rings. The second-order valence-electron chi connectivity index (χ2n) is 19.8. The monoisotopic (exact) mass is 952 g/mol. The minimum atomic E-state index is -0.0402. The van der Waals surface area contributed by atoms with Crippen molar-refractivity contribution < 1.29 is 0 Å². The van der Waals surface area contributed by atoms with E-state index in [9.17, 15) is 0 Å². The molecule has 9 aromatic carbocycles. The highest BCUT2D eigenvalue weighted by molar-refractivity contribution is 6.16. The van der Waals surface area contributed by atoms with Crippen LogP contribution in [0.2, 0.25) is 0 Å². The summed E-state index contributed by atoms with van der Waals surface area (Å²) < 4.78 is 4.98. The van der Waals surface area contributed by atoms with Gasteiger partial charge in [-0.3, -0.25) is 0 Å². The Bertz CT molecular complexity index is 4000. The van der Waals surface area contributed by atoms with Gasteiger partial charge in [-0.25, -0.2) is 0 Å². The topological polar surface area (TPSA) is 9.86 Å². The summed E-state index contributed by atoms with van der Waals surface area (Å²) in [4.78, 5) is 0. The van der Waals surface area contributed by atoms with Crippen LogP contribution in [0.4, 0.5) is 0 Å². The van der Waals surface area contributed by atoms with Gasteiger partial charge in [-0.2, -0.15) is 0 Å². The first-order valence-corrected chi connectivity index (χ1v) is 25.9. The van der Waals surface area contributed by atoms with Crippen molar-refractivity contribution in [1.82, 2.24) is 9.13 Å². The highest BCUT2D eigenvalue weighted by atomic mass is 15.0. The largest absolute Gasteiger partial charge is 0.336 e. The van der Waals surface area contributed by atoms with E-state index in [1.54, 1.807) is 0 Å². The first-order chi connectivity index (χ1) is 36.4. The van der Waals surface area contributed by atoms with Gasteiger partial charge in [-0.05, 0) is 130 Å². The number of rotatable bonds is 7. The average Bonchev–Trinajstić information content (AvgIpc) is 4.06. The molecule has 0 amide bonds. The van der Waals surface area contributed by atoms with Crippen LogP contribution in [0.5, 0.6) is 0 Å². The van der Waals surface area contributed by atoms with E-state index in [0.29, 0.717) is 0 Å². The highest BCUT2D eigenvalue weighted by Crippen LogP contribution is 2.50. The standard InChI is InChI=1S/C40H37N.C30H21N.C2H2/c1-5-31-32-20-12-13-22-36(32)40(3,4)37(31)23-24-41-38-27(2)15-14-21-33(38)35-26-30(28-16-8-6-9-17-28)25-34(39(35)41)29-18-10-7-11-19-29;1-4-12-22(13-5-1)24-20-27(23-14-6-2-7-15-23)30-28(21-24)26-18-10-11-19-29(26)31(30)25-16-8-3-9-17-25;1-2/h5,7-8,10-23,25-26H,6,9,24H2,1-4H3;1-21H;1-2H/b31-5-,37-23+;;. The summed E-state index contributed by atoms with van der Waals surface area (Å²) in [6.07, 6.45) is 22.0. The molecule has 0 N–H and O–H groups in total. The number of aromatic nitrogens is 2. The minimum absolute atomic E-state index is 0.0402. The average molecular weight is 953 g/mol. The summed E-state index contributed by atoms with van der Waals surface area (Å²) in [7, 11) is 0. The fourth-order valence-electron chi connectivity index (χ4n) is 11.8. The van der Waals surface area contributed by atoms with Gasteiger partial charge < -0.3 is 9.13 Å². The lowest BCUT2D eigenvalue weighted by molar-refractivity contribution is 0.654. The van der Waals surface area contributed by atoms with Crippen LogP contribution in [-0.2, 0) is 12.0 Å². The molecule has 13 rings (SSSR count). The fraction of sp³-hybridized carbons (Fsp3) is 0.111. The number of hydrogen-bond acceptors (Lipinski definition) is 0. The van der Waals surface area contributed by atoms with Gasteiger partial charge in [0, 0.05) is 50.3 Å². The number of aryl methyl sites for hydroxylation is 1. The zero-order valence-corrected chi connectivity index (χ0v) is 42.8. The number of terminal acetylenes is 1. The lowest BCUT2D eigenvalue weighted by Crippen LogP contribution is -2.15. The molecule has 2 nitrogen and oxygen atoms in total. The third kappa shape index (κ3) is 8.41. The quantitative estimate of drug-likeness (QED) is 0.141. The Balaban J connectivity index is 0.000000159. The van der Waals surface area contributed by atoms with Crippen molar-refractivity contribution in [2.24, 2.45) is 0 Å². The Morgan fingerprint density at radius 2 is 1.07 bits per heavy atom. The molecule has 2 aliphatic carbocycles. The third-order valence-electron chi connectivity index (χ3n) is 15.2. The zero-order chi connectivity index (χ0) is 50.8. The van der Waals surface area contributed by atoms with Gasteiger partial charge in [0.1, 0.15) is 0 Å². The third-order valence-corrected chi connectivity index (χ3v) is 15.2. The zero-order valence-electron chi connectivity index (χ0n) is 42.8. The van der Waals surface area contributed by atoms with Crippen molar-refractivity contribution in [2.75, 3.05) is 0 Å². The maximum Gasteiger partial charge on any atom is 0.0619 e. The lowest BCUT2D eigenvalue weighted by atomic mass is 9.82. The first kappa shape index (κ1) is 47.4.